The van der Waals surface area contributed by atoms with Crippen LogP contribution in [0.5, 0.6) is 0 Å². The molecular formula is C26H20F32N2O4. The van der Waals surface area contributed by atoms with Gasteiger partial charge in [0.25, 0.3) is 0 Å². The van der Waals surface area contributed by atoms with Gasteiger partial charge >= 0.3 is 108 Å². The van der Waals surface area contributed by atoms with Crippen LogP contribution >= 0.6 is 0 Å². The second-order valence-corrected chi connectivity index (χ2v) is 12.8. The van der Waals surface area contributed by atoms with Gasteiger partial charge in [0.05, 0.1) is 13.1 Å². The van der Waals surface area contributed by atoms with Gasteiger partial charge in [-0.15, -0.1) is 0 Å². The average molecular weight is 1030 g/mol. The van der Waals surface area contributed by atoms with Gasteiger partial charge in [-0.3, -0.25) is 0 Å². The molecule has 0 bridgehead atoms. The summed E-state index contributed by atoms with van der Waals surface area (Å²) in [5.74, 6) is -116. The second kappa shape index (κ2) is 17.8. The molecule has 0 aliphatic heterocycles. The number of nitrogens with zero attached hydrogens (tertiary/aromatic N) is 2. The Bertz CT molecular complexity index is 1500. The predicted octanol–water partition coefficient (Wildman–Crippen LogP) is 11.9. The summed E-state index contributed by atoms with van der Waals surface area (Å²) < 4.78 is 433. The summed E-state index contributed by atoms with van der Waals surface area (Å²) in [5.41, 5.74) is 0. The molecule has 382 valence electrons. The number of hydrogen-bond acceptors (Lipinski definition) is 2. The number of unbranched alkanes of at least 4 members (excludes halogenated alkanes) is 3. The quantitative estimate of drug-likeness (QED) is 0.0705. The Kier molecular flexibility index (Phi) is 16.8. The molecule has 0 atom stereocenters. The number of carbonyl (C=O) groups is 2. The van der Waals surface area contributed by atoms with E-state index in [1.807, 2.05) is 0 Å². The highest BCUT2D eigenvalue weighted by atomic mass is 19.4. The van der Waals surface area contributed by atoms with Crippen molar-refractivity contribution in [2.75, 3.05) is 26.2 Å². The third kappa shape index (κ3) is 9.32. The summed E-state index contributed by atoms with van der Waals surface area (Å²) in [6, 6.07) is 0. The van der Waals surface area contributed by atoms with Gasteiger partial charge in [-0.2, -0.15) is 123 Å². The number of carboxylic acid groups (broad SMARTS) is 2. The van der Waals surface area contributed by atoms with Crippen molar-refractivity contribution in [3.8, 4) is 0 Å². The van der Waals surface area contributed by atoms with Gasteiger partial charge in [0.2, 0.25) is 0 Å². The summed E-state index contributed by atoms with van der Waals surface area (Å²) in [7, 11) is 0. The van der Waals surface area contributed by atoms with Crippen LogP contribution in [-0.4, -0.2) is 154 Å². The molecule has 38 heteroatoms. The lowest BCUT2D eigenvalue weighted by molar-refractivity contribution is -0.446. The van der Waals surface area contributed by atoms with E-state index in [1.54, 1.807) is 0 Å². The maximum atomic E-state index is 14.3. The van der Waals surface area contributed by atoms with Crippen molar-refractivity contribution in [1.29, 1.82) is 0 Å². The van der Waals surface area contributed by atoms with E-state index >= 15 is 0 Å². The molecule has 0 saturated heterocycles. The van der Waals surface area contributed by atoms with Crippen molar-refractivity contribution < 1.29 is 160 Å². The van der Waals surface area contributed by atoms with Crippen molar-refractivity contribution in [3.05, 3.63) is 0 Å². The van der Waals surface area contributed by atoms with Gasteiger partial charge in [0.1, 0.15) is 0 Å². The molecule has 6 nitrogen and oxygen atoms in total. The average Bonchev–Trinajstić information content (AvgIpc) is 3.10. The van der Waals surface area contributed by atoms with Gasteiger partial charge in [0, 0.05) is 13.1 Å². The minimum Gasteiger partial charge on any atom is -0.465 e. The summed E-state index contributed by atoms with van der Waals surface area (Å²) in [5, 5.41) is 17.8. The number of halogens is 32. The Labute approximate surface area is 331 Å². The first-order valence-corrected chi connectivity index (χ1v) is 15.5. The lowest BCUT2D eigenvalue weighted by Gasteiger charge is -2.43. The molecule has 0 spiro atoms. The molecule has 0 saturated carbocycles. The van der Waals surface area contributed by atoms with Crippen molar-refractivity contribution in [2.24, 2.45) is 0 Å². The highest BCUT2D eigenvalue weighted by Crippen LogP contribution is 2.64. The van der Waals surface area contributed by atoms with Crippen molar-refractivity contribution in [1.82, 2.24) is 9.80 Å². The highest BCUT2D eigenvalue weighted by molar-refractivity contribution is 5.65. The molecule has 0 unspecified atom stereocenters. The molecule has 0 rings (SSSR count). The van der Waals surface area contributed by atoms with Crippen LogP contribution in [0.4, 0.5) is 150 Å². The van der Waals surface area contributed by atoms with Gasteiger partial charge in [0.15, 0.2) is 0 Å². The topological polar surface area (TPSA) is 81.1 Å². The Morgan fingerprint density at radius 3 is 0.703 bits per heavy atom. The van der Waals surface area contributed by atoms with Crippen LogP contribution in [0, 0.1) is 0 Å². The molecule has 0 aliphatic carbocycles. The zero-order valence-corrected chi connectivity index (χ0v) is 29.5. The van der Waals surface area contributed by atoms with E-state index in [2.05, 4.69) is 0 Å². The molecule has 0 aromatic heterocycles. The van der Waals surface area contributed by atoms with Crippen molar-refractivity contribution >= 4 is 12.2 Å². The first-order valence-electron chi connectivity index (χ1n) is 15.5. The minimum absolute atomic E-state index is 0.990. The first kappa shape index (κ1) is 60.3. The number of hydrogen-bond donors (Lipinski definition) is 2. The Morgan fingerprint density at radius 2 is 0.516 bits per heavy atom. The molecule has 0 aliphatic rings. The summed E-state index contributed by atoms with van der Waals surface area (Å²) >= 11 is 0. The van der Waals surface area contributed by atoms with Gasteiger partial charge < -0.3 is 20.0 Å². The molecule has 0 heterocycles. The summed E-state index contributed by atoms with van der Waals surface area (Å²) in [6.07, 6.45) is -22.7. The zero-order chi connectivity index (χ0) is 52.1. The third-order valence-corrected chi connectivity index (χ3v) is 8.38. The van der Waals surface area contributed by atoms with E-state index in [0.29, 0.717) is 0 Å². The molecule has 0 radical (unpaired) electrons. The van der Waals surface area contributed by atoms with Crippen LogP contribution in [0.2, 0.25) is 0 Å². The van der Waals surface area contributed by atoms with E-state index in [-0.39, 0.29) is 0 Å². The molecule has 0 fully saturated rings. The molecule has 2 amide bonds. The zero-order valence-electron chi connectivity index (χ0n) is 29.5. The second-order valence-electron chi connectivity index (χ2n) is 12.8. The largest absolute Gasteiger partial charge is 0.465 e. The molecule has 2 N–H and O–H groups in total. The SMILES string of the molecule is O=C(O)N(CCCCCCN(CC(F)(F)C(F)(F)C(F)(F)C(F)(F)C(F)(F)C(F)(F)C(F)(F)C(F)F)C(=O)O)CC(F)(F)C(F)(F)C(F)(F)C(F)(F)C(F)(F)C(F)(F)C(F)(F)C(F)F. The number of amides is 2. The third-order valence-electron chi connectivity index (χ3n) is 8.38. The maximum Gasteiger partial charge on any atom is 0.407 e. The maximum absolute atomic E-state index is 14.3. The summed E-state index contributed by atoms with van der Waals surface area (Å²) in [6.45, 7) is -10.8. The van der Waals surface area contributed by atoms with Crippen LogP contribution in [0.15, 0.2) is 0 Å². The van der Waals surface area contributed by atoms with E-state index < -0.39 is 170 Å². The van der Waals surface area contributed by atoms with E-state index in [1.165, 1.54) is 0 Å². The van der Waals surface area contributed by atoms with Gasteiger partial charge in [-0.25, -0.2) is 27.2 Å². The fourth-order valence-electron chi connectivity index (χ4n) is 4.46. The number of alkyl halides is 32. The Hall–Kier alpha value is -3.70. The first-order chi connectivity index (χ1) is 27.7. The normalized spacial score (nSPS) is 15.6. The van der Waals surface area contributed by atoms with Crippen LogP contribution in [0.3, 0.4) is 0 Å². The number of rotatable bonds is 25. The van der Waals surface area contributed by atoms with Gasteiger partial charge in [-0.1, -0.05) is 12.8 Å². The van der Waals surface area contributed by atoms with Crippen LogP contribution in [0.25, 0.3) is 0 Å². The minimum atomic E-state index is -8.84. The van der Waals surface area contributed by atoms with E-state index in [0.717, 1.165) is 0 Å². The molecular weight excluding hydrogens is 1010 g/mol. The lowest BCUT2D eigenvalue weighted by atomic mass is 9.89. The predicted molar refractivity (Wildman–Crippen MR) is 139 cm³/mol. The fourth-order valence-corrected chi connectivity index (χ4v) is 4.46. The van der Waals surface area contributed by atoms with E-state index in [4.69, 9.17) is 10.2 Å². The molecule has 64 heavy (non-hydrogen) atoms. The summed E-state index contributed by atoms with van der Waals surface area (Å²) in [4.78, 5) is 20.0. The van der Waals surface area contributed by atoms with Crippen molar-refractivity contribution in [2.45, 2.75) is 121 Å². The van der Waals surface area contributed by atoms with Gasteiger partial charge in [-0.05, 0) is 12.8 Å². The lowest BCUT2D eigenvalue weighted by Crippen LogP contribution is -2.74. The van der Waals surface area contributed by atoms with Crippen LogP contribution in [0.1, 0.15) is 25.7 Å². The Morgan fingerprint density at radius 1 is 0.328 bits per heavy atom. The standard InChI is InChI=1S/C26H20F32N2O4/c27-9(28)15(35,36)19(43,44)23(51,52)25(55,56)21(47,48)17(39,40)13(31,32)7-59(11(61)62)5-3-1-2-4-6-60(12(63)64)8-14(33,34)18(41,42)22(49,50)26(57,58)24(53,54)20(45,46)16(37,38)10(29)30/h9-10H,1-8H2,(H,61,62)(H,63,64). The van der Waals surface area contributed by atoms with Crippen LogP contribution < -0.4 is 0 Å². The Balaban J connectivity index is 6.15. The monoisotopic (exact) mass is 1030 g/mol. The highest BCUT2D eigenvalue weighted by Gasteiger charge is 2.95. The van der Waals surface area contributed by atoms with Crippen LogP contribution in [-0.2, 0) is 0 Å². The molecule has 0 aromatic rings. The van der Waals surface area contributed by atoms with E-state index in [9.17, 15) is 150 Å². The fraction of sp³-hybridized carbons (Fsp3) is 0.923. The van der Waals surface area contributed by atoms with Crippen molar-refractivity contribution in [3.63, 3.8) is 0 Å². The molecule has 0 aromatic carbocycles. The smallest absolute Gasteiger partial charge is 0.407 e.